The van der Waals surface area contributed by atoms with Gasteiger partial charge < -0.3 is 9.88 Å². The lowest BCUT2D eigenvalue weighted by Gasteiger charge is -2.34. The fourth-order valence-electron chi connectivity index (χ4n) is 3.28. The number of benzene rings is 2. The van der Waals surface area contributed by atoms with Gasteiger partial charge in [-0.2, -0.15) is 4.31 Å². The van der Waals surface area contributed by atoms with Crippen molar-refractivity contribution in [1.82, 2.24) is 14.2 Å². The number of aromatic nitrogens is 1. The number of nitrogens with one attached hydrogen (secondary N) is 1. The standard InChI is InChI=1S/C19H18FN3O4S2/c1-12-2-3-13(10-15(12)20)18(24)22-6-8-23(9-7-22)29(26,27)14-4-5-16-17(11-14)28-19(25)21-16/h2-5,10-11H,6-9H2,1H3,(H,21,25). The van der Waals surface area contributed by atoms with E-state index in [9.17, 15) is 22.4 Å². The average molecular weight is 436 g/mol. The molecule has 1 saturated heterocycles. The highest BCUT2D eigenvalue weighted by Crippen LogP contribution is 2.23. The maximum atomic E-state index is 13.7. The molecule has 1 fully saturated rings. The Morgan fingerprint density at radius 2 is 1.83 bits per heavy atom. The number of piperazine rings is 1. The van der Waals surface area contributed by atoms with Crippen LogP contribution in [0.3, 0.4) is 0 Å². The van der Waals surface area contributed by atoms with Crippen LogP contribution in [-0.2, 0) is 10.0 Å². The number of H-pyrrole nitrogens is 1. The topological polar surface area (TPSA) is 90.6 Å². The second-order valence-electron chi connectivity index (χ2n) is 6.83. The molecule has 2 aromatic carbocycles. The summed E-state index contributed by atoms with van der Waals surface area (Å²) in [5, 5.41) is 0. The van der Waals surface area contributed by atoms with Crippen LogP contribution in [0.2, 0.25) is 0 Å². The number of hydrogen-bond acceptors (Lipinski definition) is 5. The summed E-state index contributed by atoms with van der Waals surface area (Å²) in [4.78, 5) is 28.1. The van der Waals surface area contributed by atoms with Crippen LogP contribution in [0.4, 0.5) is 4.39 Å². The predicted molar refractivity (Wildman–Crippen MR) is 108 cm³/mol. The van der Waals surface area contributed by atoms with Crippen LogP contribution >= 0.6 is 11.3 Å². The second kappa shape index (κ2) is 7.36. The molecule has 1 aliphatic heterocycles. The van der Waals surface area contributed by atoms with E-state index in [1.54, 1.807) is 25.1 Å². The number of halogens is 1. The van der Waals surface area contributed by atoms with Crippen LogP contribution in [0.5, 0.6) is 0 Å². The third-order valence-electron chi connectivity index (χ3n) is 4.97. The van der Waals surface area contributed by atoms with Gasteiger partial charge in [0.15, 0.2) is 0 Å². The number of thiazole rings is 1. The van der Waals surface area contributed by atoms with Crippen LogP contribution in [0.15, 0.2) is 46.1 Å². The third-order valence-corrected chi connectivity index (χ3v) is 7.71. The Morgan fingerprint density at radius 1 is 1.10 bits per heavy atom. The molecule has 1 aromatic heterocycles. The monoisotopic (exact) mass is 435 g/mol. The van der Waals surface area contributed by atoms with Crippen molar-refractivity contribution in [1.29, 1.82) is 0 Å². The van der Waals surface area contributed by atoms with E-state index in [0.717, 1.165) is 11.3 Å². The number of carbonyl (C=O) groups excluding carboxylic acids is 1. The number of amides is 1. The SMILES string of the molecule is Cc1ccc(C(=O)N2CCN(S(=O)(=O)c3ccc4[nH]c(=O)sc4c3)CC2)cc1F. The Kier molecular flexibility index (Phi) is 5.01. The van der Waals surface area contributed by atoms with Gasteiger partial charge in [-0.1, -0.05) is 17.4 Å². The van der Waals surface area contributed by atoms with Gasteiger partial charge in [0.1, 0.15) is 5.82 Å². The Hall–Kier alpha value is -2.56. The van der Waals surface area contributed by atoms with Crippen molar-refractivity contribution in [2.24, 2.45) is 0 Å². The van der Waals surface area contributed by atoms with E-state index in [-0.39, 0.29) is 47.4 Å². The molecule has 1 aliphatic rings. The van der Waals surface area contributed by atoms with E-state index in [0.29, 0.717) is 15.8 Å². The van der Waals surface area contributed by atoms with Gasteiger partial charge in [0.2, 0.25) is 10.0 Å². The summed E-state index contributed by atoms with van der Waals surface area (Å²) in [5.41, 5.74) is 1.30. The minimum absolute atomic E-state index is 0.112. The summed E-state index contributed by atoms with van der Waals surface area (Å²) < 4.78 is 41.6. The van der Waals surface area contributed by atoms with Gasteiger partial charge in [-0.05, 0) is 42.8 Å². The van der Waals surface area contributed by atoms with Gasteiger partial charge in [0, 0.05) is 31.7 Å². The van der Waals surface area contributed by atoms with Gasteiger partial charge >= 0.3 is 4.87 Å². The largest absolute Gasteiger partial charge is 0.336 e. The van der Waals surface area contributed by atoms with Gasteiger partial charge in [-0.3, -0.25) is 9.59 Å². The molecule has 29 heavy (non-hydrogen) atoms. The zero-order valence-electron chi connectivity index (χ0n) is 15.5. The van der Waals surface area contributed by atoms with Crippen LogP contribution in [0.25, 0.3) is 10.2 Å². The fourth-order valence-corrected chi connectivity index (χ4v) is 5.57. The van der Waals surface area contributed by atoms with Crippen molar-refractivity contribution in [3.63, 3.8) is 0 Å². The van der Waals surface area contributed by atoms with E-state index < -0.39 is 15.8 Å². The lowest BCUT2D eigenvalue weighted by molar-refractivity contribution is 0.0697. The molecule has 4 rings (SSSR count). The van der Waals surface area contributed by atoms with Crippen LogP contribution in [-0.4, -0.2) is 54.7 Å². The van der Waals surface area contributed by atoms with E-state index in [2.05, 4.69) is 4.98 Å². The van der Waals surface area contributed by atoms with Gasteiger partial charge in [-0.15, -0.1) is 0 Å². The summed E-state index contributed by atoms with van der Waals surface area (Å²) in [6.07, 6.45) is 0. The minimum atomic E-state index is -3.74. The maximum absolute atomic E-state index is 13.7. The van der Waals surface area contributed by atoms with Crippen molar-refractivity contribution in [3.05, 3.63) is 63.0 Å². The van der Waals surface area contributed by atoms with Crippen molar-refractivity contribution in [2.45, 2.75) is 11.8 Å². The number of hydrogen-bond donors (Lipinski definition) is 1. The van der Waals surface area contributed by atoms with E-state index in [1.165, 1.54) is 27.4 Å². The molecule has 2 heterocycles. The molecule has 1 amide bonds. The molecular weight excluding hydrogens is 417 g/mol. The third kappa shape index (κ3) is 3.70. The highest BCUT2D eigenvalue weighted by molar-refractivity contribution is 7.89. The molecule has 7 nitrogen and oxygen atoms in total. The molecule has 0 atom stereocenters. The molecule has 10 heteroatoms. The number of carbonyl (C=O) groups is 1. The summed E-state index contributed by atoms with van der Waals surface area (Å²) >= 11 is 0.955. The number of aromatic amines is 1. The molecule has 0 radical (unpaired) electrons. The summed E-state index contributed by atoms with van der Waals surface area (Å²) in [7, 11) is -3.74. The van der Waals surface area contributed by atoms with Crippen LogP contribution in [0, 0.1) is 12.7 Å². The number of rotatable bonds is 3. The fraction of sp³-hybridized carbons (Fsp3) is 0.263. The van der Waals surface area contributed by atoms with Crippen molar-refractivity contribution >= 4 is 37.5 Å². The molecule has 0 aliphatic carbocycles. The van der Waals surface area contributed by atoms with Gasteiger partial charge in [-0.25, -0.2) is 12.8 Å². The predicted octanol–water partition coefficient (Wildman–Crippen LogP) is 2.18. The van der Waals surface area contributed by atoms with Crippen molar-refractivity contribution in [2.75, 3.05) is 26.2 Å². The van der Waals surface area contributed by atoms with E-state index in [1.807, 2.05) is 0 Å². The molecule has 0 saturated carbocycles. The van der Waals surface area contributed by atoms with E-state index in [4.69, 9.17) is 0 Å². The van der Waals surface area contributed by atoms with E-state index >= 15 is 0 Å². The smallest absolute Gasteiger partial charge is 0.305 e. The number of aryl methyl sites for hydroxylation is 1. The first-order chi connectivity index (χ1) is 13.8. The Balaban J connectivity index is 1.49. The molecule has 0 bridgehead atoms. The molecule has 0 spiro atoms. The van der Waals surface area contributed by atoms with Gasteiger partial charge in [0.05, 0.1) is 15.1 Å². The second-order valence-corrected chi connectivity index (χ2v) is 9.79. The zero-order valence-corrected chi connectivity index (χ0v) is 17.1. The van der Waals surface area contributed by atoms with Crippen LogP contribution in [0.1, 0.15) is 15.9 Å². The van der Waals surface area contributed by atoms with Crippen molar-refractivity contribution < 1.29 is 17.6 Å². The Morgan fingerprint density at radius 3 is 2.52 bits per heavy atom. The average Bonchev–Trinajstić information content (AvgIpc) is 3.09. The first-order valence-corrected chi connectivity index (χ1v) is 11.2. The van der Waals surface area contributed by atoms with Crippen molar-refractivity contribution in [3.8, 4) is 0 Å². The Labute approximate surface area is 170 Å². The molecular formula is C19H18FN3O4S2. The lowest BCUT2D eigenvalue weighted by Crippen LogP contribution is -2.50. The number of sulfonamides is 1. The first-order valence-electron chi connectivity index (χ1n) is 8.94. The zero-order chi connectivity index (χ0) is 20.8. The lowest BCUT2D eigenvalue weighted by atomic mass is 10.1. The van der Waals surface area contributed by atoms with Gasteiger partial charge in [0.25, 0.3) is 5.91 Å². The first kappa shape index (κ1) is 19.7. The highest BCUT2D eigenvalue weighted by Gasteiger charge is 2.30. The molecule has 152 valence electrons. The number of fused-ring (bicyclic) bond motifs is 1. The summed E-state index contributed by atoms with van der Waals surface area (Å²) in [6.45, 7) is 2.34. The normalized spacial score (nSPS) is 15.7. The summed E-state index contributed by atoms with van der Waals surface area (Å²) in [6, 6.07) is 8.85. The summed E-state index contributed by atoms with van der Waals surface area (Å²) in [5.74, 6) is -0.765. The molecule has 3 aromatic rings. The minimum Gasteiger partial charge on any atom is -0.336 e. The number of nitrogens with zero attached hydrogens (tertiary/aromatic N) is 2. The quantitative estimate of drug-likeness (QED) is 0.683. The maximum Gasteiger partial charge on any atom is 0.305 e. The van der Waals surface area contributed by atoms with Crippen LogP contribution < -0.4 is 4.87 Å². The molecule has 0 unspecified atom stereocenters. The highest BCUT2D eigenvalue weighted by atomic mass is 32.2. The Bertz CT molecular complexity index is 1260. The molecule has 1 N–H and O–H groups in total.